The van der Waals surface area contributed by atoms with Crippen LogP contribution in [0.5, 0.6) is 0 Å². The SMILES string of the molecule is Cc1cc(C)c(B(c2cccc(N3CN(c4cc(C(C)(C)C)ccc4-c4ccccc4)c4ccccc43)c2)c2cccc(-n3[c-][n+](-c4cc(C(C)(C)C)ccc4-c4ccccc4)c4ccccc43)c2)c(C)c1. The molecule has 0 N–H and O–H groups in total. The highest BCUT2D eigenvalue weighted by Crippen LogP contribution is 2.47. The van der Waals surface area contributed by atoms with Crippen molar-refractivity contribution in [2.24, 2.45) is 0 Å². The zero-order chi connectivity index (χ0) is 49.9. The second-order valence-corrected chi connectivity index (χ2v) is 21.9. The first-order valence-electron chi connectivity index (χ1n) is 25.5. The number of rotatable bonds is 9. The van der Waals surface area contributed by atoms with E-state index in [1.807, 2.05) is 0 Å². The van der Waals surface area contributed by atoms with E-state index in [9.17, 15) is 0 Å². The molecule has 72 heavy (non-hydrogen) atoms. The van der Waals surface area contributed by atoms with Crippen molar-refractivity contribution in [2.75, 3.05) is 16.5 Å². The van der Waals surface area contributed by atoms with Gasteiger partial charge in [-0.3, -0.25) is 9.13 Å². The quantitative estimate of drug-likeness (QED) is 0.0814. The number of aromatic nitrogens is 2. The summed E-state index contributed by atoms with van der Waals surface area (Å²) >= 11 is 0. The fourth-order valence-corrected chi connectivity index (χ4v) is 11.1. The van der Waals surface area contributed by atoms with Gasteiger partial charge in [-0.05, 0) is 102 Å². The van der Waals surface area contributed by atoms with Crippen molar-refractivity contribution in [3.8, 4) is 33.6 Å². The molecule has 0 saturated heterocycles. The van der Waals surface area contributed by atoms with E-state index >= 15 is 0 Å². The molecule has 11 rings (SSSR count). The van der Waals surface area contributed by atoms with Crippen LogP contribution in [0.15, 0.2) is 206 Å². The molecule has 354 valence electrons. The first-order chi connectivity index (χ1) is 34.7. The molecule has 4 nitrogen and oxygen atoms in total. The van der Waals surface area contributed by atoms with Crippen LogP contribution >= 0.6 is 0 Å². The predicted molar refractivity (Wildman–Crippen MR) is 306 cm³/mol. The van der Waals surface area contributed by atoms with E-state index in [0.29, 0.717) is 6.67 Å². The zero-order valence-electron chi connectivity index (χ0n) is 43.2. The third-order valence-corrected chi connectivity index (χ3v) is 14.7. The Morgan fingerprint density at radius 3 is 1.62 bits per heavy atom. The molecule has 0 spiro atoms. The lowest BCUT2D eigenvalue weighted by Gasteiger charge is -2.28. The van der Waals surface area contributed by atoms with Crippen LogP contribution in [-0.2, 0) is 10.8 Å². The second-order valence-electron chi connectivity index (χ2n) is 21.9. The van der Waals surface area contributed by atoms with E-state index in [0.717, 1.165) is 28.1 Å². The molecule has 1 aliphatic rings. The Bertz CT molecular complexity index is 3610. The second kappa shape index (κ2) is 18.4. The van der Waals surface area contributed by atoms with E-state index in [1.54, 1.807) is 0 Å². The van der Waals surface area contributed by atoms with Crippen molar-refractivity contribution >= 4 is 56.9 Å². The number of benzene rings is 9. The fraction of sp³-hybridized carbons (Fsp3) is 0.179. The summed E-state index contributed by atoms with van der Waals surface area (Å²) in [4.78, 5) is 5.01. The summed E-state index contributed by atoms with van der Waals surface area (Å²) in [5.74, 6) is 0. The summed E-state index contributed by atoms with van der Waals surface area (Å²) in [5.41, 5.74) is 24.2. The maximum atomic E-state index is 3.91. The molecular formula is C67H63BN4. The van der Waals surface area contributed by atoms with Crippen molar-refractivity contribution in [2.45, 2.75) is 73.1 Å². The van der Waals surface area contributed by atoms with Crippen molar-refractivity contribution in [1.82, 2.24) is 4.57 Å². The number of hydrogen-bond acceptors (Lipinski definition) is 2. The van der Waals surface area contributed by atoms with E-state index in [1.165, 1.54) is 83.5 Å². The van der Waals surface area contributed by atoms with Crippen LogP contribution in [0.4, 0.5) is 22.7 Å². The molecule has 2 heterocycles. The standard InChI is InChI=1S/C67H63BN4/c1-46-38-47(2)65(48(3)39-46)68(53-26-20-28-55(42-53)69-44-71(61-32-18-16-30-59(61)69)63-40-51(66(4,5)6)34-36-57(63)49-22-12-10-13-23-49)54-27-21-29-56(43-54)70-45-72(62-33-19-17-31-60(62)70)64-41-52(67(7,8)9)35-37-58(64)50-24-14-11-15-25-50/h10-43H,44H2,1-9H3. The number of fused-ring (bicyclic) bond motifs is 2. The summed E-state index contributed by atoms with van der Waals surface area (Å²) in [6.45, 7) is 21.2. The zero-order valence-corrected chi connectivity index (χ0v) is 43.2. The van der Waals surface area contributed by atoms with Crippen LogP contribution in [-0.4, -0.2) is 17.9 Å². The molecule has 0 bridgehead atoms. The molecular weight excluding hydrogens is 872 g/mol. The molecule has 0 atom stereocenters. The maximum Gasteiger partial charge on any atom is 0.269 e. The molecule has 0 amide bonds. The highest BCUT2D eigenvalue weighted by molar-refractivity contribution is 6.96. The smallest absolute Gasteiger partial charge is 0.269 e. The number of nitrogens with zero attached hydrogens (tertiary/aromatic N) is 4. The molecule has 1 aromatic heterocycles. The van der Waals surface area contributed by atoms with Gasteiger partial charge in [-0.25, -0.2) is 0 Å². The van der Waals surface area contributed by atoms with Gasteiger partial charge in [-0.15, -0.1) is 0 Å². The van der Waals surface area contributed by atoms with Crippen molar-refractivity contribution in [3.63, 3.8) is 0 Å². The number of imidazole rings is 1. The van der Waals surface area contributed by atoms with Gasteiger partial charge in [0.25, 0.3) is 6.33 Å². The fourth-order valence-electron chi connectivity index (χ4n) is 11.1. The van der Waals surface area contributed by atoms with Gasteiger partial charge in [0.1, 0.15) is 6.67 Å². The first-order valence-corrected chi connectivity index (χ1v) is 25.5. The van der Waals surface area contributed by atoms with Gasteiger partial charge in [-0.1, -0.05) is 238 Å². The topological polar surface area (TPSA) is 15.3 Å². The minimum atomic E-state index is -0.0466. The van der Waals surface area contributed by atoms with Gasteiger partial charge in [0.05, 0.1) is 39.5 Å². The summed E-state index contributed by atoms with van der Waals surface area (Å²) in [5, 5.41) is 0. The highest BCUT2D eigenvalue weighted by atomic mass is 15.4. The molecule has 5 heteroatoms. The van der Waals surface area contributed by atoms with Gasteiger partial charge in [0, 0.05) is 11.3 Å². The summed E-state index contributed by atoms with van der Waals surface area (Å²) in [7, 11) is 0. The van der Waals surface area contributed by atoms with E-state index in [-0.39, 0.29) is 17.5 Å². The molecule has 0 unspecified atom stereocenters. The number of hydrogen-bond donors (Lipinski definition) is 0. The first kappa shape index (κ1) is 46.5. The van der Waals surface area contributed by atoms with Crippen LogP contribution in [0.3, 0.4) is 0 Å². The average molecular weight is 935 g/mol. The number of para-hydroxylation sites is 4. The maximum absolute atomic E-state index is 3.91. The van der Waals surface area contributed by atoms with E-state index < -0.39 is 0 Å². The van der Waals surface area contributed by atoms with Crippen LogP contribution in [0.1, 0.15) is 69.4 Å². The molecule has 1 aliphatic heterocycles. The molecule has 10 aromatic rings. The number of anilines is 4. The van der Waals surface area contributed by atoms with E-state index in [2.05, 4.69) is 294 Å². The Kier molecular flexibility index (Phi) is 11.9. The Hall–Kier alpha value is -7.89. The minimum absolute atomic E-state index is 0.00661. The van der Waals surface area contributed by atoms with Crippen LogP contribution < -0.4 is 30.8 Å². The van der Waals surface area contributed by atoms with Gasteiger partial charge in [-0.2, -0.15) is 0 Å². The monoisotopic (exact) mass is 935 g/mol. The third-order valence-electron chi connectivity index (χ3n) is 14.7. The van der Waals surface area contributed by atoms with Crippen LogP contribution in [0, 0.1) is 27.1 Å². The Balaban J connectivity index is 1.04. The summed E-state index contributed by atoms with van der Waals surface area (Å²) < 4.78 is 4.53. The summed E-state index contributed by atoms with van der Waals surface area (Å²) in [6.07, 6.45) is 3.91. The summed E-state index contributed by atoms with van der Waals surface area (Å²) in [6, 6.07) is 76.4. The normalized spacial score (nSPS) is 12.7. The van der Waals surface area contributed by atoms with Gasteiger partial charge in [0.2, 0.25) is 6.71 Å². The average Bonchev–Trinajstić information content (AvgIpc) is 3.97. The lowest BCUT2D eigenvalue weighted by atomic mass is 9.35. The Morgan fingerprint density at radius 1 is 0.458 bits per heavy atom. The van der Waals surface area contributed by atoms with Gasteiger partial charge >= 0.3 is 0 Å². The lowest BCUT2D eigenvalue weighted by molar-refractivity contribution is -0.571. The van der Waals surface area contributed by atoms with Crippen molar-refractivity contribution in [3.05, 3.63) is 240 Å². The largest absolute Gasteiger partial charge is 0.321 e. The molecule has 9 aromatic carbocycles. The lowest BCUT2D eigenvalue weighted by Crippen LogP contribution is -2.54. The van der Waals surface area contributed by atoms with Gasteiger partial charge in [0.15, 0.2) is 0 Å². The Labute approximate surface area is 427 Å². The molecule has 0 fully saturated rings. The van der Waals surface area contributed by atoms with Crippen molar-refractivity contribution in [1.29, 1.82) is 0 Å². The third kappa shape index (κ3) is 8.61. The van der Waals surface area contributed by atoms with Crippen molar-refractivity contribution < 1.29 is 4.57 Å². The molecule has 0 aliphatic carbocycles. The number of aryl methyl sites for hydroxylation is 3. The Morgan fingerprint density at radius 2 is 0.986 bits per heavy atom. The van der Waals surface area contributed by atoms with Crippen LogP contribution in [0.25, 0.3) is 44.7 Å². The van der Waals surface area contributed by atoms with Gasteiger partial charge < -0.3 is 9.80 Å². The molecule has 0 saturated carbocycles. The van der Waals surface area contributed by atoms with Crippen LogP contribution in [0.2, 0.25) is 0 Å². The molecule has 0 radical (unpaired) electrons. The highest BCUT2D eigenvalue weighted by Gasteiger charge is 2.32. The van der Waals surface area contributed by atoms with E-state index in [4.69, 9.17) is 0 Å². The predicted octanol–water partition coefficient (Wildman–Crippen LogP) is 14.3. The minimum Gasteiger partial charge on any atom is -0.321 e.